The topological polar surface area (TPSA) is 52.9 Å². The molecule has 1 N–H and O–H groups in total. The van der Waals surface area contributed by atoms with E-state index in [1.807, 2.05) is 0 Å². The monoisotopic (exact) mass is 200 g/mol. The Morgan fingerprint density at radius 3 is 3.00 bits per heavy atom. The standard InChI is InChI=1S/C7H5ClN2OS/c8-5-1-2-7(12-5)10-6(11)3-4-9/h1-2H,3H2,(H,10,11). The fraction of sp³-hybridized carbons (Fsp3) is 0.143. The Hall–Kier alpha value is -1.05. The van der Waals surface area contributed by atoms with Gasteiger partial charge in [0.2, 0.25) is 5.91 Å². The van der Waals surface area contributed by atoms with Crippen molar-refractivity contribution in [2.45, 2.75) is 6.42 Å². The molecule has 0 spiro atoms. The molecule has 0 aromatic carbocycles. The Bertz CT molecular complexity index is 328. The highest BCUT2D eigenvalue weighted by Crippen LogP contribution is 2.25. The number of rotatable bonds is 2. The van der Waals surface area contributed by atoms with Gasteiger partial charge >= 0.3 is 0 Å². The second kappa shape index (κ2) is 4.10. The average molecular weight is 201 g/mol. The highest BCUT2D eigenvalue weighted by atomic mass is 35.5. The molecule has 5 heteroatoms. The number of thiophene rings is 1. The second-order valence-corrected chi connectivity index (χ2v) is 3.70. The number of halogens is 1. The maximum Gasteiger partial charge on any atom is 0.239 e. The molecule has 0 radical (unpaired) electrons. The molecule has 0 atom stereocenters. The van der Waals surface area contributed by atoms with Crippen LogP contribution in [-0.4, -0.2) is 5.91 Å². The Morgan fingerprint density at radius 1 is 1.75 bits per heavy atom. The minimum atomic E-state index is -0.309. The Labute approximate surface area is 78.6 Å². The lowest BCUT2D eigenvalue weighted by Crippen LogP contribution is -2.08. The van der Waals surface area contributed by atoms with Crippen molar-refractivity contribution in [2.75, 3.05) is 5.32 Å². The smallest absolute Gasteiger partial charge is 0.239 e. The molecule has 1 heterocycles. The Kier molecular flexibility index (Phi) is 3.09. The lowest BCUT2D eigenvalue weighted by atomic mass is 10.4. The van der Waals surface area contributed by atoms with Crippen molar-refractivity contribution in [2.24, 2.45) is 0 Å². The third-order valence-electron chi connectivity index (χ3n) is 1.08. The van der Waals surface area contributed by atoms with E-state index in [9.17, 15) is 4.79 Å². The predicted octanol–water partition coefficient (Wildman–Crippen LogP) is 2.25. The van der Waals surface area contributed by atoms with Gasteiger partial charge in [-0.15, -0.1) is 11.3 Å². The van der Waals surface area contributed by atoms with Crippen LogP contribution in [0.4, 0.5) is 5.00 Å². The van der Waals surface area contributed by atoms with Crippen molar-refractivity contribution >= 4 is 33.8 Å². The minimum Gasteiger partial charge on any atom is -0.317 e. The van der Waals surface area contributed by atoms with E-state index in [4.69, 9.17) is 16.9 Å². The Balaban J connectivity index is 2.53. The molecular formula is C7H5ClN2OS. The Morgan fingerprint density at radius 2 is 2.50 bits per heavy atom. The normalized spacial score (nSPS) is 9.00. The molecule has 62 valence electrons. The first-order chi connectivity index (χ1) is 5.72. The summed E-state index contributed by atoms with van der Waals surface area (Å²) in [6, 6.07) is 5.14. The second-order valence-electron chi connectivity index (χ2n) is 1.99. The van der Waals surface area contributed by atoms with E-state index >= 15 is 0 Å². The van der Waals surface area contributed by atoms with E-state index in [1.165, 1.54) is 11.3 Å². The summed E-state index contributed by atoms with van der Waals surface area (Å²) in [5.74, 6) is -0.309. The van der Waals surface area contributed by atoms with Crippen molar-refractivity contribution in [3.63, 3.8) is 0 Å². The summed E-state index contributed by atoms with van der Waals surface area (Å²) in [6.07, 6.45) is -0.129. The number of carbonyl (C=O) groups excluding carboxylic acids is 1. The molecule has 12 heavy (non-hydrogen) atoms. The zero-order chi connectivity index (χ0) is 8.97. The quantitative estimate of drug-likeness (QED) is 0.796. The van der Waals surface area contributed by atoms with E-state index in [-0.39, 0.29) is 12.3 Å². The van der Waals surface area contributed by atoms with Gasteiger partial charge in [0.1, 0.15) is 6.42 Å². The molecule has 0 aliphatic carbocycles. The van der Waals surface area contributed by atoms with Crippen molar-refractivity contribution in [3.8, 4) is 6.07 Å². The molecule has 1 amide bonds. The van der Waals surface area contributed by atoms with Crippen LogP contribution < -0.4 is 5.32 Å². The van der Waals surface area contributed by atoms with Gasteiger partial charge in [-0.25, -0.2) is 0 Å². The first-order valence-electron chi connectivity index (χ1n) is 3.14. The summed E-state index contributed by atoms with van der Waals surface area (Å²) in [4.78, 5) is 10.9. The summed E-state index contributed by atoms with van der Waals surface area (Å²) in [7, 11) is 0. The summed E-state index contributed by atoms with van der Waals surface area (Å²) in [5.41, 5.74) is 0. The van der Waals surface area contributed by atoms with Gasteiger partial charge in [-0.3, -0.25) is 4.79 Å². The molecule has 0 bridgehead atoms. The van der Waals surface area contributed by atoms with Crippen molar-refractivity contribution < 1.29 is 4.79 Å². The fourth-order valence-corrected chi connectivity index (χ4v) is 1.59. The van der Waals surface area contributed by atoms with Crippen molar-refractivity contribution in [1.82, 2.24) is 0 Å². The van der Waals surface area contributed by atoms with Crippen LogP contribution in [0.25, 0.3) is 0 Å². The number of nitrogens with one attached hydrogen (secondary N) is 1. The molecule has 1 aromatic rings. The van der Waals surface area contributed by atoms with Gasteiger partial charge in [-0.2, -0.15) is 5.26 Å². The number of amides is 1. The van der Waals surface area contributed by atoms with Crippen LogP contribution in [0.15, 0.2) is 12.1 Å². The maximum atomic E-state index is 10.9. The molecule has 0 aliphatic heterocycles. The third kappa shape index (κ3) is 2.53. The molecule has 1 rings (SSSR count). The van der Waals surface area contributed by atoms with Crippen LogP contribution in [0.5, 0.6) is 0 Å². The highest BCUT2D eigenvalue weighted by Gasteiger charge is 2.02. The molecule has 0 unspecified atom stereocenters. The summed E-state index contributed by atoms with van der Waals surface area (Å²) >= 11 is 6.89. The first-order valence-corrected chi connectivity index (χ1v) is 4.34. The van der Waals surface area contributed by atoms with Crippen LogP contribution in [0.3, 0.4) is 0 Å². The number of nitrogens with zero attached hydrogens (tertiary/aromatic N) is 1. The molecule has 0 aliphatic rings. The summed E-state index contributed by atoms with van der Waals surface area (Å²) in [5, 5.41) is 11.4. The molecule has 3 nitrogen and oxygen atoms in total. The molecule has 0 saturated heterocycles. The van der Waals surface area contributed by atoms with E-state index in [0.717, 1.165) is 0 Å². The van der Waals surface area contributed by atoms with Gasteiger partial charge in [0.05, 0.1) is 15.4 Å². The van der Waals surface area contributed by atoms with Gasteiger partial charge in [-0.1, -0.05) is 11.6 Å². The largest absolute Gasteiger partial charge is 0.317 e. The summed E-state index contributed by atoms with van der Waals surface area (Å²) < 4.78 is 0.613. The number of hydrogen-bond acceptors (Lipinski definition) is 3. The molecule has 0 saturated carbocycles. The van der Waals surface area contributed by atoms with Gasteiger partial charge in [-0.05, 0) is 12.1 Å². The van der Waals surface area contributed by atoms with Gasteiger partial charge in [0.15, 0.2) is 0 Å². The lowest BCUT2D eigenvalue weighted by Gasteiger charge is -1.95. The van der Waals surface area contributed by atoms with E-state index in [0.29, 0.717) is 9.34 Å². The number of nitriles is 1. The molecule has 1 aromatic heterocycles. The van der Waals surface area contributed by atoms with Gasteiger partial charge in [0, 0.05) is 0 Å². The molecule has 0 fully saturated rings. The zero-order valence-electron chi connectivity index (χ0n) is 6.00. The number of carbonyl (C=O) groups is 1. The van der Waals surface area contributed by atoms with Crippen LogP contribution in [0.2, 0.25) is 4.34 Å². The maximum absolute atomic E-state index is 10.9. The van der Waals surface area contributed by atoms with Crippen molar-refractivity contribution in [3.05, 3.63) is 16.5 Å². The first kappa shape index (κ1) is 9.04. The highest BCUT2D eigenvalue weighted by molar-refractivity contribution is 7.20. The SMILES string of the molecule is N#CCC(=O)Nc1ccc(Cl)s1. The number of anilines is 1. The number of hydrogen-bond donors (Lipinski definition) is 1. The lowest BCUT2D eigenvalue weighted by molar-refractivity contribution is -0.115. The van der Waals surface area contributed by atoms with Crippen LogP contribution >= 0.6 is 22.9 Å². The predicted molar refractivity (Wildman–Crippen MR) is 48.2 cm³/mol. The average Bonchev–Trinajstić information content (AvgIpc) is 2.36. The van der Waals surface area contributed by atoms with E-state index in [1.54, 1.807) is 18.2 Å². The zero-order valence-corrected chi connectivity index (χ0v) is 7.58. The van der Waals surface area contributed by atoms with Crippen LogP contribution in [-0.2, 0) is 4.79 Å². The van der Waals surface area contributed by atoms with E-state index < -0.39 is 0 Å². The summed E-state index contributed by atoms with van der Waals surface area (Å²) in [6.45, 7) is 0. The van der Waals surface area contributed by atoms with Crippen molar-refractivity contribution in [1.29, 1.82) is 5.26 Å². The fourth-order valence-electron chi connectivity index (χ4n) is 0.635. The molecular weight excluding hydrogens is 196 g/mol. The van der Waals surface area contributed by atoms with Crippen LogP contribution in [0.1, 0.15) is 6.42 Å². The van der Waals surface area contributed by atoms with Crippen LogP contribution in [0, 0.1) is 11.3 Å². The minimum absolute atomic E-state index is 0.129. The van der Waals surface area contributed by atoms with Gasteiger partial charge in [0.25, 0.3) is 0 Å². The third-order valence-corrected chi connectivity index (χ3v) is 2.22. The van der Waals surface area contributed by atoms with E-state index in [2.05, 4.69) is 5.32 Å². The van der Waals surface area contributed by atoms with Gasteiger partial charge < -0.3 is 5.32 Å².